The molecule has 0 aliphatic carbocycles. The smallest absolute Gasteiger partial charge is 0.0557 e. The standard InChI is InChI=1S/C12H26OS2/c1-11(2)9-14-7-5-13-6-8-15-10-12(3)4/h11-12H,5-10H2,1-4H3. The van der Waals surface area contributed by atoms with E-state index in [0.717, 1.165) is 36.6 Å². The van der Waals surface area contributed by atoms with E-state index in [1.54, 1.807) is 0 Å². The third-order valence-corrected chi connectivity index (χ3v) is 4.36. The van der Waals surface area contributed by atoms with Crippen molar-refractivity contribution in [3.05, 3.63) is 0 Å². The minimum Gasteiger partial charge on any atom is -0.380 e. The molecule has 0 rings (SSSR count). The van der Waals surface area contributed by atoms with Gasteiger partial charge in [-0.3, -0.25) is 0 Å². The van der Waals surface area contributed by atoms with Gasteiger partial charge >= 0.3 is 0 Å². The maximum Gasteiger partial charge on any atom is 0.0557 e. The van der Waals surface area contributed by atoms with Crippen LogP contribution in [0.2, 0.25) is 0 Å². The van der Waals surface area contributed by atoms with Gasteiger partial charge in [-0.15, -0.1) is 0 Å². The van der Waals surface area contributed by atoms with Gasteiger partial charge in [0.2, 0.25) is 0 Å². The predicted octanol–water partition coefficient (Wildman–Crippen LogP) is 3.78. The van der Waals surface area contributed by atoms with Crippen molar-refractivity contribution in [2.45, 2.75) is 27.7 Å². The zero-order chi connectivity index (χ0) is 11.5. The van der Waals surface area contributed by atoms with Gasteiger partial charge in [-0.05, 0) is 23.3 Å². The maximum absolute atomic E-state index is 5.56. The van der Waals surface area contributed by atoms with Crippen LogP contribution in [-0.2, 0) is 4.74 Å². The molecule has 0 aromatic heterocycles. The summed E-state index contributed by atoms with van der Waals surface area (Å²) in [6, 6.07) is 0. The third kappa shape index (κ3) is 14.7. The van der Waals surface area contributed by atoms with E-state index in [-0.39, 0.29) is 0 Å². The Hall–Kier alpha value is 0.660. The monoisotopic (exact) mass is 250 g/mol. The van der Waals surface area contributed by atoms with E-state index < -0.39 is 0 Å². The molecule has 0 unspecified atom stereocenters. The first-order valence-corrected chi connectivity index (χ1v) is 8.17. The van der Waals surface area contributed by atoms with Gasteiger partial charge in [-0.25, -0.2) is 0 Å². The normalized spacial score (nSPS) is 11.6. The second-order valence-corrected chi connectivity index (χ2v) is 6.85. The summed E-state index contributed by atoms with van der Waals surface area (Å²) in [4.78, 5) is 0. The lowest BCUT2D eigenvalue weighted by Crippen LogP contribution is -2.04. The summed E-state index contributed by atoms with van der Waals surface area (Å²) in [6.07, 6.45) is 0. The lowest BCUT2D eigenvalue weighted by molar-refractivity contribution is 0.167. The van der Waals surface area contributed by atoms with Gasteiger partial charge in [0.25, 0.3) is 0 Å². The van der Waals surface area contributed by atoms with Crippen molar-refractivity contribution in [2.24, 2.45) is 11.8 Å². The Bertz CT molecular complexity index is 113. The van der Waals surface area contributed by atoms with Crippen LogP contribution < -0.4 is 0 Å². The van der Waals surface area contributed by atoms with E-state index >= 15 is 0 Å². The van der Waals surface area contributed by atoms with Crippen LogP contribution >= 0.6 is 23.5 Å². The maximum atomic E-state index is 5.56. The minimum absolute atomic E-state index is 0.802. The second-order valence-electron chi connectivity index (χ2n) is 4.55. The largest absolute Gasteiger partial charge is 0.380 e. The summed E-state index contributed by atoms with van der Waals surface area (Å²) in [5.41, 5.74) is 0. The van der Waals surface area contributed by atoms with Gasteiger partial charge in [0.15, 0.2) is 0 Å². The first kappa shape index (κ1) is 15.7. The van der Waals surface area contributed by atoms with Crippen LogP contribution in [0.5, 0.6) is 0 Å². The summed E-state index contributed by atoms with van der Waals surface area (Å²) < 4.78 is 5.56. The zero-order valence-corrected chi connectivity index (χ0v) is 12.3. The highest BCUT2D eigenvalue weighted by Crippen LogP contribution is 2.08. The molecule has 0 amide bonds. The molecule has 0 heterocycles. The molecule has 0 bridgehead atoms. The fraction of sp³-hybridized carbons (Fsp3) is 1.00. The Balaban J connectivity index is 2.93. The quantitative estimate of drug-likeness (QED) is 0.546. The van der Waals surface area contributed by atoms with E-state index in [4.69, 9.17) is 4.74 Å². The van der Waals surface area contributed by atoms with Crippen molar-refractivity contribution in [3.8, 4) is 0 Å². The Morgan fingerprint density at radius 2 is 1.20 bits per heavy atom. The van der Waals surface area contributed by atoms with Gasteiger partial charge < -0.3 is 4.74 Å². The van der Waals surface area contributed by atoms with Gasteiger partial charge in [0.1, 0.15) is 0 Å². The van der Waals surface area contributed by atoms with Gasteiger partial charge in [-0.1, -0.05) is 27.7 Å². The summed E-state index contributed by atoms with van der Waals surface area (Å²) >= 11 is 4.00. The average molecular weight is 250 g/mol. The molecule has 0 atom stereocenters. The Morgan fingerprint density at radius 3 is 1.53 bits per heavy atom. The molecule has 0 aliphatic heterocycles. The van der Waals surface area contributed by atoms with E-state index in [1.165, 1.54) is 11.5 Å². The summed E-state index contributed by atoms with van der Waals surface area (Å²) in [7, 11) is 0. The zero-order valence-electron chi connectivity index (χ0n) is 10.6. The molecule has 0 N–H and O–H groups in total. The molecule has 0 aromatic carbocycles. The van der Waals surface area contributed by atoms with E-state index in [0.29, 0.717) is 0 Å². The molecule has 92 valence electrons. The van der Waals surface area contributed by atoms with Gasteiger partial charge in [0, 0.05) is 11.5 Å². The van der Waals surface area contributed by atoms with E-state index in [1.807, 2.05) is 23.5 Å². The SMILES string of the molecule is CC(C)CSCCOCCSCC(C)C. The minimum atomic E-state index is 0.802. The molecule has 0 aliphatic rings. The Kier molecular flexibility index (Phi) is 11.6. The molecule has 0 fully saturated rings. The molecule has 1 nitrogen and oxygen atoms in total. The van der Waals surface area contributed by atoms with E-state index in [9.17, 15) is 0 Å². The van der Waals surface area contributed by atoms with Crippen LogP contribution in [0, 0.1) is 11.8 Å². The van der Waals surface area contributed by atoms with E-state index in [2.05, 4.69) is 27.7 Å². The molecular formula is C12H26OS2. The third-order valence-electron chi connectivity index (χ3n) is 1.65. The van der Waals surface area contributed by atoms with Crippen molar-refractivity contribution in [3.63, 3.8) is 0 Å². The lowest BCUT2D eigenvalue weighted by atomic mass is 10.3. The molecule has 0 saturated heterocycles. The molecule has 3 heteroatoms. The van der Waals surface area contributed by atoms with Crippen LogP contribution in [0.1, 0.15) is 27.7 Å². The van der Waals surface area contributed by atoms with Crippen molar-refractivity contribution in [1.29, 1.82) is 0 Å². The summed E-state index contributed by atoms with van der Waals surface area (Å²) in [5.74, 6) is 6.41. The second kappa shape index (κ2) is 11.2. The highest BCUT2D eigenvalue weighted by atomic mass is 32.2. The number of thioether (sulfide) groups is 2. The van der Waals surface area contributed by atoms with Crippen molar-refractivity contribution in [2.75, 3.05) is 36.2 Å². The average Bonchev–Trinajstić information content (AvgIpc) is 2.14. The molecule has 0 spiro atoms. The van der Waals surface area contributed by atoms with Crippen molar-refractivity contribution < 1.29 is 4.74 Å². The fourth-order valence-corrected chi connectivity index (χ4v) is 2.72. The number of ether oxygens (including phenoxy) is 1. The summed E-state index contributed by atoms with van der Waals surface area (Å²) in [6.45, 7) is 10.9. The van der Waals surface area contributed by atoms with Crippen LogP contribution in [0.4, 0.5) is 0 Å². The first-order chi connectivity index (χ1) is 7.13. The predicted molar refractivity (Wildman–Crippen MR) is 75.1 cm³/mol. The molecule has 0 saturated carbocycles. The molecular weight excluding hydrogens is 224 g/mol. The molecule has 0 aromatic rings. The molecule has 0 radical (unpaired) electrons. The highest BCUT2D eigenvalue weighted by Gasteiger charge is 1.96. The van der Waals surface area contributed by atoms with Crippen molar-refractivity contribution >= 4 is 23.5 Å². The molecule has 15 heavy (non-hydrogen) atoms. The van der Waals surface area contributed by atoms with Crippen LogP contribution in [0.3, 0.4) is 0 Å². The van der Waals surface area contributed by atoms with Gasteiger partial charge in [-0.2, -0.15) is 23.5 Å². The van der Waals surface area contributed by atoms with Crippen LogP contribution in [-0.4, -0.2) is 36.2 Å². The Labute approximate surface area is 104 Å². The number of rotatable bonds is 10. The number of hydrogen-bond acceptors (Lipinski definition) is 3. The van der Waals surface area contributed by atoms with Crippen LogP contribution in [0.15, 0.2) is 0 Å². The Morgan fingerprint density at radius 1 is 0.800 bits per heavy atom. The number of hydrogen-bond donors (Lipinski definition) is 0. The first-order valence-electron chi connectivity index (χ1n) is 5.86. The fourth-order valence-electron chi connectivity index (χ4n) is 0.976. The highest BCUT2D eigenvalue weighted by molar-refractivity contribution is 7.99. The topological polar surface area (TPSA) is 9.23 Å². The van der Waals surface area contributed by atoms with Crippen LogP contribution in [0.25, 0.3) is 0 Å². The van der Waals surface area contributed by atoms with Crippen molar-refractivity contribution in [1.82, 2.24) is 0 Å². The lowest BCUT2D eigenvalue weighted by Gasteiger charge is -2.06. The van der Waals surface area contributed by atoms with Gasteiger partial charge in [0.05, 0.1) is 13.2 Å². The summed E-state index contributed by atoms with van der Waals surface area (Å²) in [5, 5.41) is 0.